The van der Waals surface area contributed by atoms with Gasteiger partial charge in [-0.3, -0.25) is 0 Å². The third-order valence-corrected chi connectivity index (χ3v) is 5.97. The highest BCUT2D eigenvalue weighted by Crippen LogP contribution is 2.35. The molecule has 0 unspecified atom stereocenters. The molecule has 208 valence electrons. The third-order valence-electron chi connectivity index (χ3n) is 5.97. The van der Waals surface area contributed by atoms with E-state index < -0.39 is 6.09 Å². The Morgan fingerprint density at radius 2 is 1.62 bits per heavy atom. The van der Waals surface area contributed by atoms with Crippen molar-refractivity contribution in [2.75, 3.05) is 44.1 Å². The fourth-order valence-corrected chi connectivity index (χ4v) is 3.97. The van der Waals surface area contributed by atoms with Gasteiger partial charge < -0.3 is 24.4 Å². The van der Waals surface area contributed by atoms with Crippen molar-refractivity contribution in [1.82, 2.24) is 14.9 Å². The highest BCUT2D eigenvalue weighted by molar-refractivity contribution is 5.98. The molecule has 9 nitrogen and oxygen atoms in total. The van der Waals surface area contributed by atoms with Gasteiger partial charge in [0.1, 0.15) is 29.7 Å². The Morgan fingerprint density at radius 3 is 2.33 bits per heavy atom. The number of aromatic nitrogens is 2. The first-order valence-corrected chi connectivity index (χ1v) is 13.1. The molecule has 0 bridgehead atoms. The lowest BCUT2D eigenvalue weighted by Gasteiger charge is -2.24. The van der Waals surface area contributed by atoms with Crippen molar-refractivity contribution in [3.05, 3.63) is 90.1 Å². The lowest BCUT2D eigenvalue weighted by atomic mass is 10.1. The van der Waals surface area contributed by atoms with Crippen LogP contribution in [0.2, 0.25) is 0 Å². The number of nitrogens with one attached hydrogen (secondary N) is 1. The zero-order chi connectivity index (χ0) is 28.5. The second-order valence-electron chi connectivity index (χ2n) is 9.36. The topological polar surface area (TPSA) is 89.0 Å². The Balaban J connectivity index is 1.62. The van der Waals surface area contributed by atoms with Crippen LogP contribution in [-0.4, -0.2) is 54.8 Å². The monoisotopic (exact) mass is 541 g/mol. The van der Waals surface area contributed by atoms with Gasteiger partial charge in [-0.05, 0) is 82.4 Å². The average Bonchev–Trinajstić information content (AvgIpc) is 2.93. The predicted molar refractivity (Wildman–Crippen MR) is 157 cm³/mol. The SMILES string of the molecule is CCOc1ccccc1N(C(=O)Oc1c(C)cccc1C)c1ccnc(Nc2ccc(OCCN(C)C)cc2)n1. The Kier molecular flexibility index (Phi) is 9.53. The molecule has 0 fully saturated rings. The number of amides is 1. The maximum Gasteiger partial charge on any atom is 0.425 e. The number of ether oxygens (including phenoxy) is 3. The van der Waals surface area contributed by atoms with E-state index in [0.29, 0.717) is 42.2 Å². The van der Waals surface area contributed by atoms with Crippen molar-refractivity contribution in [1.29, 1.82) is 0 Å². The second-order valence-corrected chi connectivity index (χ2v) is 9.36. The predicted octanol–water partition coefficient (Wildman–Crippen LogP) is 6.51. The van der Waals surface area contributed by atoms with Crippen LogP contribution >= 0.6 is 0 Å². The Labute approximate surface area is 235 Å². The van der Waals surface area contributed by atoms with E-state index in [9.17, 15) is 4.79 Å². The Bertz CT molecular complexity index is 1410. The molecule has 0 aliphatic rings. The number of carbonyl (C=O) groups is 1. The van der Waals surface area contributed by atoms with Gasteiger partial charge in [0.15, 0.2) is 0 Å². The summed E-state index contributed by atoms with van der Waals surface area (Å²) in [4.78, 5) is 26.2. The normalized spacial score (nSPS) is 10.8. The molecule has 0 aliphatic heterocycles. The molecule has 0 atom stereocenters. The van der Waals surface area contributed by atoms with Crippen molar-refractivity contribution in [2.24, 2.45) is 0 Å². The molecule has 1 aromatic heterocycles. The highest BCUT2D eigenvalue weighted by Gasteiger charge is 2.26. The van der Waals surface area contributed by atoms with Crippen molar-refractivity contribution in [3.8, 4) is 17.2 Å². The molecular formula is C31H35N5O4. The zero-order valence-electron chi connectivity index (χ0n) is 23.5. The summed E-state index contributed by atoms with van der Waals surface area (Å²) in [5.41, 5.74) is 2.98. The van der Waals surface area contributed by atoms with E-state index >= 15 is 0 Å². The van der Waals surface area contributed by atoms with E-state index in [4.69, 9.17) is 14.2 Å². The Hall–Kier alpha value is -4.63. The molecule has 4 rings (SSSR count). The first kappa shape index (κ1) is 28.4. The molecule has 40 heavy (non-hydrogen) atoms. The van der Waals surface area contributed by atoms with Crippen LogP contribution in [0.3, 0.4) is 0 Å². The van der Waals surface area contributed by atoms with Gasteiger partial charge in [0.25, 0.3) is 0 Å². The molecular weight excluding hydrogens is 506 g/mol. The van der Waals surface area contributed by atoms with E-state index in [-0.39, 0.29) is 0 Å². The fraction of sp³-hybridized carbons (Fsp3) is 0.258. The summed E-state index contributed by atoms with van der Waals surface area (Å²) < 4.78 is 17.5. The summed E-state index contributed by atoms with van der Waals surface area (Å²) in [6.45, 7) is 7.56. The zero-order valence-corrected chi connectivity index (χ0v) is 23.5. The van der Waals surface area contributed by atoms with Crippen LogP contribution in [0.5, 0.6) is 17.2 Å². The minimum absolute atomic E-state index is 0.317. The molecule has 9 heteroatoms. The maximum absolute atomic E-state index is 13.8. The summed E-state index contributed by atoms with van der Waals surface area (Å²) in [6.07, 6.45) is 0.972. The van der Waals surface area contributed by atoms with E-state index in [1.165, 1.54) is 4.90 Å². The van der Waals surface area contributed by atoms with Crippen molar-refractivity contribution >= 4 is 29.2 Å². The number of para-hydroxylation sites is 3. The average molecular weight is 542 g/mol. The number of hydrogen-bond donors (Lipinski definition) is 1. The summed E-state index contributed by atoms with van der Waals surface area (Å²) in [5, 5.41) is 3.20. The molecule has 0 saturated heterocycles. The molecule has 1 N–H and O–H groups in total. The van der Waals surface area contributed by atoms with Crippen LogP contribution in [0.15, 0.2) is 79.0 Å². The van der Waals surface area contributed by atoms with Crippen molar-refractivity contribution in [2.45, 2.75) is 20.8 Å². The molecule has 0 saturated carbocycles. The molecule has 0 aliphatic carbocycles. The molecule has 3 aromatic carbocycles. The van der Waals surface area contributed by atoms with Crippen LogP contribution in [0.1, 0.15) is 18.1 Å². The summed E-state index contributed by atoms with van der Waals surface area (Å²) >= 11 is 0. The number of anilines is 4. The minimum atomic E-state index is -0.617. The van der Waals surface area contributed by atoms with Gasteiger partial charge in [-0.1, -0.05) is 30.3 Å². The molecule has 0 radical (unpaired) electrons. The van der Waals surface area contributed by atoms with E-state index in [2.05, 4.69) is 20.2 Å². The summed E-state index contributed by atoms with van der Waals surface area (Å²) in [7, 11) is 4.01. The summed E-state index contributed by atoms with van der Waals surface area (Å²) in [6, 6.07) is 22.2. The van der Waals surface area contributed by atoms with E-state index in [1.807, 2.05) is 89.5 Å². The van der Waals surface area contributed by atoms with Crippen LogP contribution in [0.4, 0.5) is 27.9 Å². The molecule has 1 amide bonds. The van der Waals surface area contributed by atoms with Crippen molar-refractivity contribution < 1.29 is 19.0 Å². The number of carbonyl (C=O) groups excluding carboxylic acids is 1. The van der Waals surface area contributed by atoms with Crippen LogP contribution in [0.25, 0.3) is 0 Å². The molecule has 4 aromatic rings. The van der Waals surface area contributed by atoms with Gasteiger partial charge in [0.2, 0.25) is 5.95 Å². The Morgan fingerprint density at radius 1 is 0.900 bits per heavy atom. The lowest BCUT2D eigenvalue weighted by Crippen LogP contribution is -2.31. The minimum Gasteiger partial charge on any atom is -0.492 e. The van der Waals surface area contributed by atoms with E-state index in [0.717, 1.165) is 29.1 Å². The van der Waals surface area contributed by atoms with E-state index in [1.54, 1.807) is 24.4 Å². The van der Waals surface area contributed by atoms with Gasteiger partial charge in [-0.2, -0.15) is 4.98 Å². The highest BCUT2D eigenvalue weighted by atomic mass is 16.6. The number of likely N-dealkylation sites (N-methyl/N-ethyl adjacent to an activating group) is 1. The quantitative estimate of drug-likeness (QED) is 0.230. The van der Waals surface area contributed by atoms with Gasteiger partial charge in [0, 0.05) is 24.5 Å². The second kappa shape index (κ2) is 13.4. The first-order valence-electron chi connectivity index (χ1n) is 13.1. The summed E-state index contributed by atoms with van der Waals surface area (Å²) in [5.74, 6) is 2.45. The fourth-order valence-electron chi connectivity index (χ4n) is 3.97. The van der Waals surface area contributed by atoms with Gasteiger partial charge in [-0.25, -0.2) is 14.7 Å². The number of aryl methyl sites for hydroxylation is 2. The number of benzene rings is 3. The third kappa shape index (κ3) is 7.27. The van der Waals surface area contributed by atoms with Gasteiger partial charge >= 0.3 is 6.09 Å². The molecule has 0 spiro atoms. The van der Waals surface area contributed by atoms with Crippen LogP contribution in [0, 0.1) is 13.8 Å². The largest absolute Gasteiger partial charge is 0.492 e. The molecule has 1 heterocycles. The number of rotatable bonds is 11. The van der Waals surface area contributed by atoms with Gasteiger partial charge in [0.05, 0.1) is 12.3 Å². The maximum atomic E-state index is 13.8. The number of hydrogen-bond acceptors (Lipinski definition) is 8. The first-order chi connectivity index (χ1) is 19.4. The smallest absolute Gasteiger partial charge is 0.425 e. The van der Waals surface area contributed by atoms with Gasteiger partial charge in [-0.15, -0.1) is 0 Å². The van der Waals surface area contributed by atoms with Crippen molar-refractivity contribution in [3.63, 3.8) is 0 Å². The van der Waals surface area contributed by atoms with Crippen LogP contribution in [-0.2, 0) is 0 Å². The standard InChI is InChI=1S/C31H35N5O4/c1-6-38-27-13-8-7-12-26(27)36(31(37)40-29-22(2)10-9-11-23(29)3)28-18-19-32-30(34-28)33-24-14-16-25(17-15-24)39-21-20-35(4)5/h7-19H,6,20-21H2,1-5H3,(H,32,33,34). The lowest BCUT2D eigenvalue weighted by molar-refractivity contribution is 0.209. The van der Waals surface area contributed by atoms with Crippen LogP contribution < -0.4 is 24.4 Å². The number of nitrogens with zero attached hydrogens (tertiary/aromatic N) is 4.